The number of carbonyl (C=O) groups is 2. The van der Waals surface area contributed by atoms with Crippen molar-refractivity contribution in [2.24, 2.45) is 5.92 Å². The fourth-order valence-electron chi connectivity index (χ4n) is 3.66. The van der Waals surface area contributed by atoms with Gasteiger partial charge in [0.1, 0.15) is 18.3 Å². The Labute approximate surface area is 169 Å². The third-order valence-corrected chi connectivity index (χ3v) is 5.28. The molecule has 3 aromatic rings. The van der Waals surface area contributed by atoms with Crippen LogP contribution in [-0.2, 0) is 22.6 Å². The second-order valence-corrected chi connectivity index (χ2v) is 7.32. The van der Waals surface area contributed by atoms with Crippen LogP contribution in [0.15, 0.2) is 54.7 Å². The van der Waals surface area contributed by atoms with Crippen LogP contribution >= 0.6 is 0 Å². The van der Waals surface area contributed by atoms with Gasteiger partial charge in [-0.1, -0.05) is 30.3 Å². The SMILES string of the molecule is O=C1NCCC[C@@H]1C(=O)NCCc1c[nH]c2ccc(OCc3ccccc3)cc12. The number of benzene rings is 2. The van der Waals surface area contributed by atoms with Crippen LogP contribution in [0.2, 0.25) is 0 Å². The summed E-state index contributed by atoms with van der Waals surface area (Å²) in [5, 5.41) is 6.74. The summed E-state index contributed by atoms with van der Waals surface area (Å²) < 4.78 is 5.93. The van der Waals surface area contributed by atoms with Gasteiger partial charge in [-0.25, -0.2) is 0 Å². The summed E-state index contributed by atoms with van der Waals surface area (Å²) in [7, 11) is 0. The van der Waals surface area contributed by atoms with Gasteiger partial charge in [-0.2, -0.15) is 0 Å². The zero-order chi connectivity index (χ0) is 20.1. The normalized spacial score (nSPS) is 16.4. The molecule has 0 saturated carbocycles. The van der Waals surface area contributed by atoms with Crippen molar-refractivity contribution in [1.82, 2.24) is 15.6 Å². The Kier molecular flexibility index (Phi) is 5.79. The van der Waals surface area contributed by atoms with E-state index in [4.69, 9.17) is 4.74 Å². The highest BCUT2D eigenvalue weighted by molar-refractivity contribution is 6.00. The Morgan fingerprint density at radius 1 is 1.17 bits per heavy atom. The van der Waals surface area contributed by atoms with Crippen molar-refractivity contribution in [3.05, 3.63) is 65.9 Å². The fourth-order valence-corrected chi connectivity index (χ4v) is 3.66. The van der Waals surface area contributed by atoms with Gasteiger partial charge in [-0.05, 0) is 48.6 Å². The van der Waals surface area contributed by atoms with Crippen LogP contribution < -0.4 is 15.4 Å². The van der Waals surface area contributed by atoms with E-state index >= 15 is 0 Å². The number of rotatable bonds is 7. The van der Waals surface area contributed by atoms with E-state index < -0.39 is 5.92 Å². The van der Waals surface area contributed by atoms with Crippen molar-refractivity contribution >= 4 is 22.7 Å². The molecule has 0 unspecified atom stereocenters. The molecule has 1 fully saturated rings. The van der Waals surface area contributed by atoms with E-state index in [-0.39, 0.29) is 11.8 Å². The van der Waals surface area contributed by atoms with E-state index in [2.05, 4.69) is 15.6 Å². The summed E-state index contributed by atoms with van der Waals surface area (Å²) in [6.45, 7) is 1.67. The molecule has 1 aromatic heterocycles. The van der Waals surface area contributed by atoms with Crippen molar-refractivity contribution < 1.29 is 14.3 Å². The summed E-state index contributed by atoms with van der Waals surface area (Å²) >= 11 is 0. The van der Waals surface area contributed by atoms with E-state index in [1.54, 1.807) is 0 Å². The van der Waals surface area contributed by atoms with Crippen LogP contribution in [0.1, 0.15) is 24.0 Å². The highest BCUT2D eigenvalue weighted by atomic mass is 16.5. The van der Waals surface area contributed by atoms with Gasteiger partial charge in [-0.15, -0.1) is 0 Å². The number of piperidine rings is 1. The Bertz CT molecular complexity index is 997. The molecule has 3 N–H and O–H groups in total. The second-order valence-electron chi connectivity index (χ2n) is 7.32. The van der Waals surface area contributed by atoms with Gasteiger partial charge in [-0.3, -0.25) is 9.59 Å². The first-order valence-corrected chi connectivity index (χ1v) is 10.0. The van der Waals surface area contributed by atoms with Gasteiger partial charge in [0.25, 0.3) is 0 Å². The first kappa shape index (κ1) is 19.1. The molecule has 6 heteroatoms. The highest BCUT2D eigenvalue weighted by Crippen LogP contribution is 2.24. The van der Waals surface area contributed by atoms with Crippen LogP contribution in [0.25, 0.3) is 10.9 Å². The smallest absolute Gasteiger partial charge is 0.232 e. The molecule has 4 rings (SSSR count). The Hall–Kier alpha value is -3.28. The molecule has 0 spiro atoms. The summed E-state index contributed by atoms with van der Waals surface area (Å²) in [6, 6.07) is 16.0. The Balaban J connectivity index is 1.36. The zero-order valence-electron chi connectivity index (χ0n) is 16.2. The molecular formula is C23H25N3O3. The van der Waals surface area contributed by atoms with E-state index in [0.717, 1.165) is 34.2 Å². The topological polar surface area (TPSA) is 83.2 Å². The molecule has 6 nitrogen and oxygen atoms in total. The average molecular weight is 391 g/mol. The molecule has 0 bridgehead atoms. The van der Waals surface area contributed by atoms with Crippen LogP contribution in [-0.4, -0.2) is 29.9 Å². The predicted molar refractivity (Wildman–Crippen MR) is 112 cm³/mol. The minimum Gasteiger partial charge on any atom is -0.489 e. The van der Waals surface area contributed by atoms with E-state index in [0.29, 0.717) is 32.5 Å². The first-order valence-electron chi connectivity index (χ1n) is 10.0. The van der Waals surface area contributed by atoms with Gasteiger partial charge < -0.3 is 20.4 Å². The van der Waals surface area contributed by atoms with E-state index in [9.17, 15) is 9.59 Å². The molecule has 0 radical (unpaired) electrons. The molecule has 2 amide bonds. The lowest BCUT2D eigenvalue weighted by Gasteiger charge is -2.20. The molecular weight excluding hydrogens is 366 g/mol. The number of ether oxygens (including phenoxy) is 1. The second kappa shape index (κ2) is 8.82. The molecule has 150 valence electrons. The number of aromatic amines is 1. The van der Waals surface area contributed by atoms with Crippen molar-refractivity contribution in [1.29, 1.82) is 0 Å². The number of fused-ring (bicyclic) bond motifs is 1. The number of H-pyrrole nitrogens is 1. The number of hydrogen-bond acceptors (Lipinski definition) is 3. The van der Waals surface area contributed by atoms with Crippen LogP contribution in [0, 0.1) is 5.92 Å². The molecule has 1 aliphatic rings. The third-order valence-electron chi connectivity index (χ3n) is 5.28. The van der Waals surface area contributed by atoms with Gasteiger partial charge in [0.2, 0.25) is 11.8 Å². The lowest BCUT2D eigenvalue weighted by Crippen LogP contribution is -2.45. The number of amides is 2. The quantitative estimate of drug-likeness (QED) is 0.542. The molecule has 29 heavy (non-hydrogen) atoms. The van der Waals surface area contributed by atoms with Gasteiger partial charge >= 0.3 is 0 Å². The lowest BCUT2D eigenvalue weighted by molar-refractivity contribution is -0.136. The predicted octanol–water partition coefficient (Wildman–Crippen LogP) is 2.93. The maximum atomic E-state index is 12.3. The Morgan fingerprint density at radius 3 is 2.86 bits per heavy atom. The molecule has 0 aliphatic carbocycles. The standard InChI is InChI=1S/C23H25N3O3/c27-22-19(7-4-11-24-22)23(28)25-12-10-17-14-26-21-9-8-18(13-20(17)21)29-15-16-5-2-1-3-6-16/h1-3,5-6,8-9,13-14,19,26H,4,7,10-12,15H2,(H,24,27)(H,25,28)/t19-/m0/s1. The van der Waals surface area contributed by atoms with Gasteiger partial charge in [0, 0.05) is 30.2 Å². The number of carbonyl (C=O) groups excluding carboxylic acids is 2. The van der Waals surface area contributed by atoms with Crippen molar-refractivity contribution in [2.75, 3.05) is 13.1 Å². The summed E-state index contributed by atoms with van der Waals surface area (Å²) in [4.78, 5) is 27.4. The van der Waals surface area contributed by atoms with Gasteiger partial charge in [0.05, 0.1) is 0 Å². The maximum absolute atomic E-state index is 12.3. The summed E-state index contributed by atoms with van der Waals surface area (Å²) in [5.41, 5.74) is 3.26. The van der Waals surface area contributed by atoms with Crippen LogP contribution in [0.3, 0.4) is 0 Å². The fraction of sp³-hybridized carbons (Fsp3) is 0.304. The molecule has 1 saturated heterocycles. The highest BCUT2D eigenvalue weighted by Gasteiger charge is 2.28. The van der Waals surface area contributed by atoms with Crippen molar-refractivity contribution in [2.45, 2.75) is 25.9 Å². The number of nitrogens with one attached hydrogen (secondary N) is 3. The summed E-state index contributed by atoms with van der Waals surface area (Å²) in [5.74, 6) is -0.107. The summed E-state index contributed by atoms with van der Waals surface area (Å²) in [6.07, 6.45) is 4.11. The largest absolute Gasteiger partial charge is 0.489 e. The van der Waals surface area contributed by atoms with Crippen molar-refractivity contribution in [3.63, 3.8) is 0 Å². The first-order chi connectivity index (χ1) is 14.2. The van der Waals surface area contributed by atoms with Crippen LogP contribution in [0.4, 0.5) is 0 Å². The molecule has 1 aliphatic heterocycles. The van der Waals surface area contributed by atoms with Crippen LogP contribution in [0.5, 0.6) is 5.75 Å². The van der Waals surface area contributed by atoms with Crippen molar-refractivity contribution in [3.8, 4) is 5.75 Å². The number of hydrogen-bond donors (Lipinski definition) is 3. The van der Waals surface area contributed by atoms with E-state index in [1.807, 2.05) is 54.7 Å². The lowest BCUT2D eigenvalue weighted by atomic mass is 9.98. The molecule has 1 atom stereocenters. The monoisotopic (exact) mass is 391 g/mol. The zero-order valence-corrected chi connectivity index (χ0v) is 16.2. The minimum absolute atomic E-state index is 0.166. The van der Waals surface area contributed by atoms with Gasteiger partial charge in [0.15, 0.2) is 0 Å². The Morgan fingerprint density at radius 2 is 2.03 bits per heavy atom. The molecule has 2 heterocycles. The average Bonchev–Trinajstić information content (AvgIpc) is 3.15. The minimum atomic E-state index is -0.565. The third kappa shape index (κ3) is 4.59. The maximum Gasteiger partial charge on any atom is 0.232 e. The molecule has 2 aromatic carbocycles. The number of aromatic nitrogens is 1. The van der Waals surface area contributed by atoms with E-state index in [1.165, 1.54) is 0 Å².